The van der Waals surface area contributed by atoms with Crippen molar-refractivity contribution in [2.24, 2.45) is 5.73 Å². The summed E-state index contributed by atoms with van der Waals surface area (Å²) in [5, 5.41) is 9.48. The largest absolute Gasteiger partial charge is 0.504 e. The number of fused-ring (bicyclic) bond motifs is 1. The number of aromatic hydroxyl groups is 1. The Morgan fingerprint density at radius 2 is 2.38 bits per heavy atom. The zero-order chi connectivity index (χ0) is 9.42. The molecule has 0 bridgehead atoms. The van der Waals surface area contributed by atoms with Crippen molar-refractivity contribution >= 4 is 5.65 Å². The summed E-state index contributed by atoms with van der Waals surface area (Å²) in [6, 6.07) is 3.38. The molecule has 0 aliphatic carbocycles. The number of nitrogens with zero attached hydrogens (tertiary/aromatic N) is 2. The Bertz CT molecular complexity index is 447. The van der Waals surface area contributed by atoms with Gasteiger partial charge in [0.1, 0.15) is 0 Å². The smallest absolute Gasteiger partial charge is 0.179 e. The van der Waals surface area contributed by atoms with Gasteiger partial charge in [-0.25, -0.2) is 4.98 Å². The van der Waals surface area contributed by atoms with Crippen molar-refractivity contribution < 1.29 is 5.11 Å². The van der Waals surface area contributed by atoms with Gasteiger partial charge in [-0.05, 0) is 19.1 Å². The van der Waals surface area contributed by atoms with Crippen LogP contribution in [0.25, 0.3) is 5.65 Å². The van der Waals surface area contributed by atoms with Gasteiger partial charge < -0.3 is 10.8 Å². The molecule has 0 aliphatic heterocycles. The highest BCUT2D eigenvalue weighted by molar-refractivity contribution is 5.54. The maximum absolute atomic E-state index is 9.48. The minimum absolute atomic E-state index is 0.185. The third kappa shape index (κ3) is 1.07. The van der Waals surface area contributed by atoms with E-state index in [1.54, 1.807) is 12.1 Å². The molecule has 0 atom stereocenters. The number of nitrogens with two attached hydrogens (primary N) is 1. The molecular weight excluding hydrogens is 166 g/mol. The lowest BCUT2D eigenvalue weighted by Gasteiger charge is -1.99. The molecule has 0 saturated heterocycles. The lowest BCUT2D eigenvalue weighted by molar-refractivity contribution is 0.477. The molecule has 0 radical (unpaired) electrons. The number of rotatable bonds is 1. The Morgan fingerprint density at radius 1 is 1.62 bits per heavy atom. The molecule has 13 heavy (non-hydrogen) atoms. The van der Waals surface area contributed by atoms with Gasteiger partial charge in [-0.3, -0.25) is 4.40 Å². The van der Waals surface area contributed by atoms with Crippen LogP contribution in [0.5, 0.6) is 5.75 Å². The molecule has 2 aromatic rings. The second-order valence-electron chi connectivity index (χ2n) is 2.94. The molecule has 0 aromatic carbocycles. The highest BCUT2D eigenvalue weighted by Gasteiger charge is 2.08. The van der Waals surface area contributed by atoms with E-state index in [1.807, 2.05) is 17.5 Å². The third-order valence-corrected chi connectivity index (χ3v) is 2.12. The van der Waals surface area contributed by atoms with Gasteiger partial charge >= 0.3 is 0 Å². The van der Waals surface area contributed by atoms with E-state index in [4.69, 9.17) is 5.73 Å². The summed E-state index contributed by atoms with van der Waals surface area (Å²) in [6.45, 7) is 2.31. The minimum Gasteiger partial charge on any atom is -0.504 e. The van der Waals surface area contributed by atoms with E-state index in [-0.39, 0.29) is 5.75 Å². The van der Waals surface area contributed by atoms with Crippen LogP contribution in [0.15, 0.2) is 18.3 Å². The second-order valence-corrected chi connectivity index (χ2v) is 2.94. The van der Waals surface area contributed by atoms with Crippen LogP contribution in [-0.2, 0) is 6.54 Å². The van der Waals surface area contributed by atoms with Crippen molar-refractivity contribution in [3.05, 3.63) is 29.7 Å². The van der Waals surface area contributed by atoms with Crippen molar-refractivity contribution in [2.75, 3.05) is 0 Å². The zero-order valence-electron chi connectivity index (χ0n) is 7.36. The minimum atomic E-state index is 0.185. The van der Waals surface area contributed by atoms with Gasteiger partial charge in [0.25, 0.3) is 0 Å². The first-order valence-corrected chi connectivity index (χ1v) is 4.09. The zero-order valence-corrected chi connectivity index (χ0v) is 7.36. The summed E-state index contributed by atoms with van der Waals surface area (Å²) in [5.41, 5.74) is 7.94. The third-order valence-electron chi connectivity index (χ3n) is 2.12. The predicted molar refractivity (Wildman–Crippen MR) is 49.5 cm³/mol. The van der Waals surface area contributed by atoms with Crippen molar-refractivity contribution in [3.8, 4) is 5.75 Å². The van der Waals surface area contributed by atoms with E-state index in [1.165, 1.54) is 0 Å². The van der Waals surface area contributed by atoms with E-state index >= 15 is 0 Å². The summed E-state index contributed by atoms with van der Waals surface area (Å²) in [4.78, 5) is 4.22. The van der Waals surface area contributed by atoms with Gasteiger partial charge in [0.05, 0.1) is 11.4 Å². The Kier molecular flexibility index (Phi) is 1.70. The van der Waals surface area contributed by atoms with Gasteiger partial charge in [-0.2, -0.15) is 0 Å². The molecule has 2 heterocycles. The van der Waals surface area contributed by atoms with Crippen LogP contribution in [0.1, 0.15) is 11.4 Å². The van der Waals surface area contributed by atoms with Gasteiger partial charge in [-0.15, -0.1) is 0 Å². The molecule has 3 N–H and O–H groups in total. The number of hydrogen-bond acceptors (Lipinski definition) is 3. The average Bonchev–Trinajstić information content (AvgIpc) is 2.43. The molecule has 4 heteroatoms. The van der Waals surface area contributed by atoms with Crippen LogP contribution in [0.4, 0.5) is 0 Å². The first-order valence-electron chi connectivity index (χ1n) is 4.09. The summed E-state index contributed by atoms with van der Waals surface area (Å²) < 4.78 is 1.81. The van der Waals surface area contributed by atoms with E-state index < -0.39 is 0 Å². The molecule has 4 nitrogen and oxygen atoms in total. The van der Waals surface area contributed by atoms with Gasteiger partial charge in [0.2, 0.25) is 0 Å². The standard InChI is InChI=1S/C9H11N3O/c1-6-7(5-10)12-4-2-3-8(13)9(12)11-6/h2-4,13H,5,10H2,1H3. The van der Waals surface area contributed by atoms with Crippen LogP contribution in [0, 0.1) is 6.92 Å². The molecule has 2 aromatic heterocycles. The Morgan fingerprint density at radius 3 is 3.08 bits per heavy atom. The quantitative estimate of drug-likeness (QED) is 0.677. The molecular formula is C9H11N3O. The van der Waals surface area contributed by atoms with Crippen LogP contribution in [-0.4, -0.2) is 14.5 Å². The van der Waals surface area contributed by atoms with Crippen molar-refractivity contribution in [2.45, 2.75) is 13.5 Å². The summed E-state index contributed by atoms with van der Waals surface area (Å²) in [7, 11) is 0. The summed E-state index contributed by atoms with van der Waals surface area (Å²) in [6.07, 6.45) is 1.84. The first-order chi connectivity index (χ1) is 6.24. The molecule has 0 unspecified atom stereocenters. The Hall–Kier alpha value is -1.55. The van der Waals surface area contributed by atoms with Gasteiger partial charge in [-0.1, -0.05) is 0 Å². The SMILES string of the molecule is Cc1nc2c(O)cccn2c1CN. The highest BCUT2D eigenvalue weighted by atomic mass is 16.3. The number of imidazole rings is 1. The molecule has 0 aliphatic rings. The van der Waals surface area contributed by atoms with E-state index in [0.29, 0.717) is 12.2 Å². The Labute approximate surface area is 75.6 Å². The molecule has 0 fully saturated rings. The number of aromatic nitrogens is 2. The highest BCUT2D eigenvalue weighted by Crippen LogP contribution is 2.19. The van der Waals surface area contributed by atoms with Crippen LogP contribution in [0.3, 0.4) is 0 Å². The van der Waals surface area contributed by atoms with Crippen molar-refractivity contribution in [3.63, 3.8) is 0 Å². The summed E-state index contributed by atoms with van der Waals surface area (Å²) >= 11 is 0. The molecule has 68 valence electrons. The first kappa shape index (κ1) is 8.07. The van der Waals surface area contributed by atoms with E-state index in [0.717, 1.165) is 11.4 Å². The fourth-order valence-corrected chi connectivity index (χ4v) is 1.46. The van der Waals surface area contributed by atoms with Crippen LogP contribution < -0.4 is 5.73 Å². The maximum atomic E-state index is 9.48. The van der Waals surface area contributed by atoms with Gasteiger partial charge in [0, 0.05) is 12.7 Å². The fourth-order valence-electron chi connectivity index (χ4n) is 1.46. The average molecular weight is 177 g/mol. The lowest BCUT2D eigenvalue weighted by Crippen LogP contribution is -2.01. The molecule has 0 saturated carbocycles. The van der Waals surface area contributed by atoms with Crippen molar-refractivity contribution in [1.82, 2.24) is 9.38 Å². The number of hydrogen-bond donors (Lipinski definition) is 2. The molecule has 2 rings (SSSR count). The Balaban J connectivity index is 2.86. The lowest BCUT2D eigenvalue weighted by atomic mass is 10.3. The maximum Gasteiger partial charge on any atom is 0.179 e. The van der Waals surface area contributed by atoms with Gasteiger partial charge in [0.15, 0.2) is 11.4 Å². The van der Waals surface area contributed by atoms with Crippen molar-refractivity contribution in [1.29, 1.82) is 0 Å². The second kappa shape index (κ2) is 2.74. The molecule has 0 spiro atoms. The van der Waals surface area contributed by atoms with Crippen LogP contribution in [0.2, 0.25) is 0 Å². The topological polar surface area (TPSA) is 63.5 Å². The number of pyridine rings is 1. The van der Waals surface area contributed by atoms with E-state index in [9.17, 15) is 5.11 Å². The predicted octanol–water partition coefficient (Wildman–Crippen LogP) is 0.807. The van der Waals surface area contributed by atoms with Crippen LogP contribution >= 0.6 is 0 Å². The fraction of sp³-hybridized carbons (Fsp3) is 0.222. The normalized spacial score (nSPS) is 10.9. The monoisotopic (exact) mass is 177 g/mol. The number of aryl methyl sites for hydroxylation is 1. The molecule has 0 amide bonds. The summed E-state index contributed by atoms with van der Waals surface area (Å²) in [5.74, 6) is 0.185. The van der Waals surface area contributed by atoms with E-state index in [2.05, 4.69) is 4.98 Å².